The van der Waals surface area contributed by atoms with Gasteiger partial charge < -0.3 is 15.4 Å². The Morgan fingerprint density at radius 3 is 2.23 bits per heavy atom. The summed E-state index contributed by atoms with van der Waals surface area (Å²) in [7, 11) is -2.65. The average molecular weight is 554 g/mol. The fourth-order valence-corrected chi connectivity index (χ4v) is 4.61. The summed E-state index contributed by atoms with van der Waals surface area (Å²) in [6, 6.07) is 20.5. The van der Waals surface area contributed by atoms with Crippen LogP contribution in [0.5, 0.6) is 5.75 Å². The van der Waals surface area contributed by atoms with E-state index in [0.717, 1.165) is 16.7 Å². The van der Waals surface area contributed by atoms with Gasteiger partial charge in [0.05, 0.1) is 18.9 Å². The highest BCUT2D eigenvalue weighted by Crippen LogP contribution is 2.31. The predicted octanol–water partition coefficient (Wildman–Crippen LogP) is 3.91. The minimum absolute atomic E-state index is 0.00602. The Hall–Kier alpha value is -4.06. The van der Waals surface area contributed by atoms with Crippen LogP contribution < -0.4 is 31.5 Å². The van der Waals surface area contributed by atoms with Crippen LogP contribution in [0.3, 0.4) is 0 Å². The molecule has 39 heavy (non-hydrogen) atoms. The molecule has 0 spiro atoms. The first-order chi connectivity index (χ1) is 18.6. The molecular weight excluding hydrogens is 525 g/mol. The van der Waals surface area contributed by atoms with E-state index in [2.05, 4.69) is 16.0 Å². The van der Waals surface area contributed by atoms with Gasteiger partial charge in [0.1, 0.15) is 22.9 Å². The molecule has 0 saturated carbocycles. The van der Waals surface area contributed by atoms with Crippen molar-refractivity contribution < 1.29 is 22.1 Å². The monoisotopic (exact) mass is 553 g/mol. The van der Waals surface area contributed by atoms with Crippen LogP contribution in [-0.4, -0.2) is 32.4 Å². The molecule has 1 unspecified atom stereocenters. The van der Waals surface area contributed by atoms with E-state index in [1.807, 2.05) is 49.4 Å². The Labute approximate surface area is 225 Å². The summed E-state index contributed by atoms with van der Waals surface area (Å²) in [5.41, 5.74) is 1.43. The van der Waals surface area contributed by atoms with Crippen LogP contribution in [0.15, 0.2) is 82.4 Å². The Morgan fingerprint density at radius 2 is 1.54 bits per heavy atom. The summed E-state index contributed by atoms with van der Waals surface area (Å²) >= 11 is 0. The highest BCUT2D eigenvalue weighted by atomic mass is 32.2. The maximum atomic E-state index is 13.9. The summed E-state index contributed by atoms with van der Waals surface area (Å²) in [5.74, 6) is -0.284. The van der Waals surface area contributed by atoms with E-state index in [9.17, 15) is 22.4 Å². The van der Waals surface area contributed by atoms with Gasteiger partial charge in [-0.15, -0.1) is 0 Å². The molecule has 0 radical (unpaired) electrons. The molecule has 11 heteroatoms. The zero-order valence-electron chi connectivity index (χ0n) is 21.3. The van der Waals surface area contributed by atoms with Gasteiger partial charge in [0.15, 0.2) is 0 Å². The van der Waals surface area contributed by atoms with Gasteiger partial charge >= 0.3 is 0 Å². The Morgan fingerprint density at radius 1 is 0.897 bits per heavy atom. The smallest absolute Gasteiger partial charge is 0.266 e. The van der Waals surface area contributed by atoms with Crippen LogP contribution in [0.4, 0.5) is 21.5 Å². The lowest BCUT2D eigenvalue weighted by molar-refractivity contribution is 0.413. The van der Waals surface area contributed by atoms with E-state index < -0.39 is 26.7 Å². The van der Waals surface area contributed by atoms with Crippen LogP contribution in [0, 0.1) is 5.82 Å². The average Bonchev–Trinajstić information content (AvgIpc) is 2.92. The number of hydrogen-bond donors (Lipinski definition) is 4. The Bertz CT molecular complexity index is 1650. The minimum Gasteiger partial charge on any atom is -0.497 e. The van der Waals surface area contributed by atoms with Gasteiger partial charge in [-0.3, -0.25) is 19.5 Å². The fraction of sp³-hybridized carbons (Fsp3) is 0.214. The third kappa shape index (κ3) is 6.88. The molecule has 0 aliphatic rings. The van der Waals surface area contributed by atoms with E-state index in [4.69, 9.17) is 9.29 Å². The summed E-state index contributed by atoms with van der Waals surface area (Å²) in [5, 5.41) is 9.10. The van der Waals surface area contributed by atoms with Crippen molar-refractivity contribution in [1.29, 1.82) is 0 Å². The fourth-order valence-electron chi connectivity index (χ4n) is 4.25. The van der Waals surface area contributed by atoms with Gasteiger partial charge in [0.25, 0.3) is 21.0 Å². The quantitative estimate of drug-likeness (QED) is 0.152. The second kappa shape index (κ2) is 11.8. The number of rotatable bonds is 12. The molecule has 4 N–H and O–H groups in total. The van der Waals surface area contributed by atoms with Crippen molar-refractivity contribution in [2.24, 2.45) is 0 Å². The number of halogens is 1. The third-order valence-corrected chi connectivity index (χ3v) is 6.97. The number of ether oxygens (including phenoxy) is 1. The molecule has 0 aromatic heterocycles. The van der Waals surface area contributed by atoms with Crippen LogP contribution in [0.2, 0.25) is 0 Å². The zero-order valence-corrected chi connectivity index (χ0v) is 22.1. The summed E-state index contributed by atoms with van der Waals surface area (Å²) in [6.45, 7) is 1.69. The molecule has 0 fully saturated rings. The maximum Gasteiger partial charge on any atom is 0.266 e. The second-order valence-corrected chi connectivity index (χ2v) is 10.6. The van der Waals surface area contributed by atoms with Crippen molar-refractivity contribution in [3.8, 4) is 5.75 Å². The number of nitrogens with one attached hydrogen (secondary N) is 3. The highest BCUT2D eigenvalue weighted by Gasteiger charge is 2.23. The Balaban J connectivity index is 1.63. The van der Waals surface area contributed by atoms with Crippen molar-refractivity contribution in [3.63, 3.8) is 0 Å². The van der Waals surface area contributed by atoms with Crippen molar-refractivity contribution in [2.45, 2.75) is 19.0 Å². The minimum atomic E-state index is -4.23. The lowest BCUT2D eigenvalue weighted by atomic mass is 9.96. The summed E-state index contributed by atoms with van der Waals surface area (Å²) < 4.78 is 50.2. The van der Waals surface area contributed by atoms with E-state index in [-0.39, 0.29) is 35.8 Å². The van der Waals surface area contributed by atoms with E-state index >= 15 is 0 Å². The highest BCUT2D eigenvalue weighted by molar-refractivity contribution is 7.85. The molecule has 0 aliphatic heterocycles. The first kappa shape index (κ1) is 28.0. The summed E-state index contributed by atoms with van der Waals surface area (Å²) in [4.78, 5) is 24.3. The molecule has 0 bridgehead atoms. The maximum absolute atomic E-state index is 13.9. The molecule has 0 heterocycles. The molecule has 4 rings (SSSR count). The van der Waals surface area contributed by atoms with Crippen molar-refractivity contribution >= 4 is 27.2 Å². The standard InChI is InChI=1S/C28H28FN3O6S/c1-17(18-6-3-9-21(29)14-18)31-24(20-8-5-11-23(16-20)38-2)19-7-4-10-22(15-19)32-26-25(27(33)28(26)34)30-12-13-39(35,36)37/h3-11,14-17,24,30-32H,12-13H2,1-2H3,(H,35,36,37)/t17-,24?/m0/s1. The van der Waals surface area contributed by atoms with Crippen LogP contribution >= 0.6 is 0 Å². The first-order valence-electron chi connectivity index (χ1n) is 12.1. The predicted molar refractivity (Wildman–Crippen MR) is 149 cm³/mol. The van der Waals surface area contributed by atoms with Crippen LogP contribution in [0.1, 0.15) is 35.7 Å². The van der Waals surface area contributed by atoms with Crippen LogP contribution in [0.25, 0.3) is 0 Å². The first-order valence-corrected chi connectivity index (χ1v) is 13.7. The van der Waals surface area contributed by atoms with E-state index in [0.29, 0.717) is 11.4 Å². The topological polar surface area (TPSA) is 134 Å². The SMILES string of the molecule is COc1cccc(C(N[C@@H](C)c2cccc(F)c2)c2cccc(Nc3c(NCCS(=O)(=O)O)c(=O)c3=O)c2)c1. The largest absolute Gasteiger partial charge is 0.497 e. The lowest BCUT2D eigenvalue weighted by Crippen LogP contribution is -2.37. The van der Waals surface area contributed by atoms with Gasteiger partial charge in [0, 0.05) is 18.3 Å². The van der Waals surface area contributed by atoms with Gasteiger partial charge in [-0.25, -0.2) is 4.39 Å². The van der Waals surface area contributed by atoms with Crippen LogP contribution in [-0.2, 0) is 10.1 Å². The van der Waals surface area contributed by atoms with E-state index in [1.165, 1.54) is 12.1 Å². The molecule has 9 nitrogen and oxygen atoms in total. The Kier molecular flexibility index (Phi) is 8.44. The van der Waals surface area contributed by atoms with E-state index in [1.54, 1.807) is 25.3 Å². The molecule has 4 aromatic rings. The molecule has 4 aromatic carbocycles. The molecule has 2 atom stereocenters. The molecule has 0 saturated heterocycles. The molecule has 0 aliphatic carbocycles. The number of benzene rings is 3. The molecule has 204 valence electrons. The van der Waals surface area contributed by atoms with Gasteiger partial charge in [0.2, 0.25) is 0 Å². The lowest BCUT2D eigenvalue weighted by Gasteiger charge is -2.26. The van der Waals surface area contributed by atoms with Crippen molar-refractivity contribution in [2.75, 3.05) is 30.0 Å². The second-order valence-electron chi connectivity index (χ2n) is 9.02. The molecular formula is C28H28FN3O6S. The zero-order chi connectivity index (χ0) is 28.2. The van der Waals surface area contributed by atoms with Crippen molar-refractivity contribution in [1.82, 2.24) is 5.32 Å². The van der Waals surface area contributed by atoms with Crippen molar-refractivity contribution in [3.05, 3.63) is 116 Å². The normalized spacial score (nSPS) is 13.1. The number of methoxy groups -OCH3 is 1. The van der Waals surface area contributed by atoms with Gasteiger partial charge in [-0.2, -0.15) is 8.42 Å². The third-order valence-electron chi connectivity index (χ3n) is 6.25. The summed E-state index contributed by atoms with van der Waals surface area (Å²) in [6.07, 6.45) is 0. The van der Waals surface area contributed by atoms with Gasteiger partial charge in [-0.05, 0) is 60.0 Å². The van der Waals surface area contributed by atoms with Gasteiger partial charge in [-0.1, -0.05) is 36.4 Å². The molecule has 0 amide bonds. The number of hydrogen-bond acceptors (Lipinski definition) is 8. The number of anilines is 3.